The van der Waals surface area contributed by atoms with Gasteiger partial charge in [-0.15, -0.1) is 11.8 Å². The zero-order chi connectivity index (χ0) is 14.8. The van der Waals surface area contributed by atoms with Gasteiger partial charge in [0.15, 0.2) is 0 Å². The highest BCUT2D eigenvalue weighted by molar-refractivity contribution is 8.00. The molecule has 1 aliphatic rings. The van der Waals surface area contributed by atoms with Crippen LogP contribution in [0.2, 0.25) is 0 Å². The fourth-order valence-electron chi connectivity index (χ4n) is 2.39. The van der Waals surface area contributed by atoms with E-state index in [9.17, 15) is 4.79 Å². The number of carbonyl (C=O) groups excluding carboxylic acids is 1. The summed E-state index contributed by atoms with van der Waals surface area (Å²) in [6.07, 6.45) is 0. The van der Waals surface area contributed by atoms with E-state index in [4.69, 9.17) is 0 Å². The predicted molar refractivity (Wildman–Crippen MR) is 89.0 cm³/mol. The average molecular weight is 298 g/mol. The molecule has 1 aliphatic heterocycles. The van der Waals surface area contributed by atoms with E-state index in [0.717, 1.165) is 22.8 Å². The molecule has 0 fully saturated rings. The minimum absolute atomic E-state index is 0.0687. The Labute approximate surface area is 129 Å². The first-order valence-corrected chi connectivity index (χ1v) is 7.98. The predicted octanol–water partition coefficient (Wildman–Crippen LogP) is 3.96. The van der Waals surface area contributed by atoms with E-state index < -0.39 is 0 Å². The standard InChI is InChI=1S/C17H18N2OS/c1-11-4-3-5-13(12(11)2)9-18-14-6-7-16-15(8-14)19-17(20)10-21-16/h3-8,18H,9-10H2,1-2H3,(H,19,20). The number of fused-ring (bicyclic) bond motifs is 1. The molecule has 1 amide bonds. The summed E-state index contributed by atoms with van der Waals surface area (Å²) in [5, 5.41) is 6.35. The third-order valence-corrected chi connectivity index (χ3v) is 4.89. The Morgan fingerprint density at radius 2 is 2.10 bits per heavy atom. The average Bonchev–Trinajstić information content (AvgIpc) is 2.48. The SMILES string of the molecule is Cc1cccc(CNc2ccc3c(c2)NC(=O)CS3)c1C. The lowest BCUT2D eigenvalue weighted by Gasteiger charge is -2.18. The van der Waals surface area contributed by atoms with E-state index in [0.29, 0.717) is 5.75 Å². The second-order valence-electron chi connectivity index (χ2n) is 5.26. The maximum absolute atomic E-state index is 11.4. The third-order valence-electron chi connectivity index (χ3n) is 3.81. The van der Waals surface area contributed by atoms with Gasteiger partial charge in [-0.3, -0.25) is 4.79 Å². The van der Waals surface area contributed by atoms with Crippen LogP contribution in [-0.4, -0.2) is 11.7 Å². The van der Waals surface area contributed by atoms with Gasteiger partial charge in [0.25, 0.3) is 0 Å². The van der Waals surface area contributed by atoms with E-state index in [2.05, 4.69) is 54.8 Å². The van der Waals surface area contributed by atoms with Crippen LogP contribution in [0.3, 0.4) is 0 Å². The van der Waals surface area contributed by atoms with Crippen molar-refractivity contribution >= 4 is 29.0 Å². The van der Waals surface area contributed by atoms with Crippen LogP contribution in [0.15, 0.2) is 41.3 Å². The molecule has 3 nitrogen and oxygen atoms in total. The molecular weight excluding hydrogens is 280 g/mol. The molecule has 3 rings (SSSR count). The van der Waals surface area contributed by atoms with Gasteiger partial charge in [-0.2, -0.15) is 0 Å². The van der Waals surface area contributed by atoms with Gasteiger partial charge < -0.3 is 10.6 Å². The molecule has 0 radical (unpaired) electrons. The van der Waals surface area contributed by atoms with Gasteiger partial charge in [-0.05, 0) is 48.7 Å². The highest BCUT2D eigenvalue weighted by Crippen LogP contribution is 2.33. The number of thioether (sulfide) groups is 1. The normalized spacial score (nSPS) is 13.5. The van der Waals surface area contributed by atoms with Crippen molar-refractivity contribution in [3.8, 4) is 0 Å². The first-order valence-electron chi connectivity index (χ1n) is 6.99. The van der Waals surface area contributed by atoms with Crippen LogP contribution in [0.5, 0.6) is 0 Å². The van der Waals surface area contributed by atoms with Crippen molar-refractivity contribution < 1.29 is 4.79 Å². The molecule has 2 aromatic carbocycles. The van der Waals surface area contributed by atoms with E-state index in [1.165, 1.54) is 16.7 Å². The fourth-order valence-corrected chi connectivity index (χ4v) is 3.18. The van der Waals surface area contributed by atoms with E-state index in [1.807, 2.05) is 6.07 Å². The molecule has 0 aliphatic carbocycles. The molecule has 0 spiro atoms. The third kappa shape index (κ3) is 3.05. The molecule has 0 bridgehead atoms. The minimum Gasteiger partial charge on any atom is -0.381 e. The smallest absolute Gasteiger partial charge is 0.234 e. The zero-order valence-corrected chi connectivity index (χ0v) is 13.0. The molecule has 2 aromatic rings. The van der Waals surface area contributed by atoms with E-state index in [1.54, 1.807) is 11.8 Å². The van der Waals surface area contributed by atoms with Crippen molar-refractivity contribution in [1.82, 2.24) is 0 Å². The number of anilines is 2. The first kappa shape index (κ1) is 14.0. The summed E-state index contributed by atoms with van der Waals surface area (Å²) in [5.74, 6) is 0.571. The van der Waals surface area contributed by atoms with Crippen LogP contribution < -0.4 is 10.6 Å². The fraction of sp³-hybridized carbons (Fsp3) is 0.235. The summed E-state index contributed by atoms with van der Waals surface area (Å²) in [6.45, 7) is 5.06. The number of carbonyl (C=O) groups is 1. The summed E-state index contributed by atoms with van der Waals surface area (Å²) >= 11 is 1.58. The van der Waals surface area contributed by atoms with Crippen LogP contribution in [-0.2, 0) is 11.3 Å². The van der Waals surface area contributed by atoms with Crippen molar-refractivity contribution in [2.45, 2.75) is 25.3 Å². The Kier molecular flexibility index (Phi) is 3.88. The molecule has 21 heavy (non-hydrogen) atoms. The van der Waals surface area contributed by atoms with Gasteiger partial charge in [0.2, 0.25) is 5.91 Å². The first-order chi connectivity index (χ1) is 10.1. The second kappa shape index (κ2) is 5.82. The number of nitrogens with one attached hydrogen (secondary N) is 2. The summed E-state index contributed by atoms with van der Waals surface area (Å²) in [5.41, 5.74) is 5.86. The van der Waals surface area contributed by atoms with Gasteiger partial charge in [-0.1, -0.05) is 18.2 Å². The molecule has 0 saturated heterocycles. The van der Waals surface area contributed by atoms with Gasteiger partial charge in [-0.25, -0.2) is 0 Å². The number of hydrogen-bond donors (Lipinski definition) is 2. The quantitative estimate of drug-likeness (QED) is 0.901. The lowest BCUT2D eigenvalue weighted by atomic mass is 10.0. The van der Waals surface area contributed by atoms with Crippen molar-refractivity contribution in [1.29, 1.82) is 0 Å². The second-order valence-corrected chi connectivity index (χ2v) is 6.28. The largest absolute Gasteiger partial charge is 0.381 e. The Balaban J connectivity index is 1.75. The Hall–Kier alpha value is -1.94. The Morgan fingerprint density at radius 3 is 2.95 bits per heavy atom. The maximum atomic E-state index is 11.4. The molecule has 4 heteroatoms. The monoisotopic (exact) mass is 298 g/mol. The number of amides is 1. The van der Waals surface area contributed by atoms with Crippen molar-refractivity contribution in [3.05, 3.63) is 53.1 Å². The highest BCUT2D eigenvalue weighted by Gasteiger charge is 2.15. The Morgan fingerprint density at radius 1 is 1.24 bits per heavy atom. The minimum atomic E-state index is 0.0687. The molecule has 0 atom stereocenters. The molecule has 108 valence electrons. The molecular formula is C17H18N2OS. The lowest BCUT2D eigenvalue weighted by molar-refractivity contribution is -0.113. The summed E-state index contributed by atoms with van der Waals surface area (Å²) in [4.78, 5) is 12.6. The van der Waals surface area contributed by atoms with Gasteiger partial charge in [0.1, 0.15) is 0 Å². The molecule has 2 N–H and O–H groups in total. The number of hydrogen-bond acceptors (Lipinski definition) is 3. The summed E-state index contributed by atoms with van der Waals surface area (Å²) in [7, 11) is 0. The molecule has 0 aromatic heterocycles. The van der Waals surface area contributed by atoms with Crippen molar-refractivity contribution in [2.24, 2.45) is 0 Å². The Bertz CT molecular complexity index is 697. The van der Waals surface area contributed by atoms with Crippen LogP contribution in [0.25, 0.3) is 0 Å². The van der Waals surface area contributed by atoms with E-state index in [-0.39, 0.29) is 5.91 Å². The van der Waals surface area contributed by atoms with E-state index >= 15 is 0 Å². The van der Waals surface area contributed by atoms with Crippen LogP contribution >= 0.6 is 11.8 Å². The van der Waals surface area contributed by atoms with Gasteiger partial charge in [0, 0.05) is 17.1 Å². The number of rotatable bonds is 3. The summed E-state index contributed by atoms with van der Waals surface area (Å²) < 4.78 is 0. The number of aryl methyl sites for hydroxylation is 1. The van der Waals surface area contributed by atoms with Gasteiger partial charge in [0.05, 0.1) is 11.4 Å². The van der Waals surface area contributed by atoms with Crippen molar-refractivity contribution in [2.75, 3.05) is 16.4 Å². The van der Waals surface area contributed by atoms with Crippen LogP contribution in [0, 0.1) is 13.8 Å². The topological polar surface area (TPSA) is 41.1 Å². The molecule has 0 unspecified atom stereocenters. The molecule has 1 heterocycles. The highest BCUT2D eigenvalue weighted by atomic mass is 32.2. The summed E-state index contributed by atoms with van der Waals surface area (Å²) in [6, 6.07) is 12.5. The lowest BCUT2D eigenvalue weighted by Crippen LogP contribution is -2.18. The molecule has 0 saturated carbocycles. The van der Waals surface area contributed by atoms with Crippen LogP contribution in [0.1, 0.15) is 16.7 Å². The maximum Gasteiger partial charge on any atom is 0.234 e. The van der Waals surface area contributed by atoms with Gasteiger partial charge >= 0.3 is 0 Å². The number of benzene rings is 2. The van der Waals surface area contributed by atoms with Crippen LogP contribution in [0.4, 0.5) is 11.4 Å². The van der Waals surface area contributed by atoms with Crippen molar-refractivity contribution in [3.63, 3.8) is 0 Å². The zero-order valence-electron chi connectivity index (χ0n) is 12.2.